The summed E-state index contributed by atoms with van der Waals surface area (Å²) in [6.45, 7) is 0. The van der Waals surface area contributed by atoms with Gasteiger partial charge in [0.05, 0.1) is 23.1 Å². The molecule has 0 bridgehead atoms. The van der Waals surface area contributed by atoms with Gasteiger partial charge in [0.1, 0.15) is 0 Å². The van der Waals surface area contributed by atoms with Gasteiger partial charge < -0.3 is 10.2 Å². The topological polar surface area (TPSA) is 67.2 Å². The number of anilines is 1. The number of nitrogens with zero attached hydrogens (tertiary/aromatic N) is 3. The number of halogens is 1. The largest absolute Gasteiger partial charge is 0.339 e. The summed E-state index contributed by atoms with van der Waals surface area (Å²) in [5, 5.41) is 7.57. The molecule has 2 aromatic carbocycles. The van der Waals surface area contributed by atoms with E-state index in [9.17, 15) is 9.59 Å². The third-order valence-electron chi connectivity index (χ3n) is 3.63. The van der Waals surface area contributed by atoms with Gasteiger partial charge in [-0.2, -0.15) is 5.10 Å². The lowest BCUT2D eigenvalue weighted by molar-refractivity contribution is 0.102. The summed E-state index contributed by atoms with van der Waals surface area (Å²) in [5.74, 6) is -0.305. The zero-order valence-electron chi connectivity index (χ0n) is 14.7. The molecule has 0 unspecified atom stereocenters. The molecule has 8 heteroatoms. The van der Waals surface area contributed by atoms with Gasteiger partial charge in [-0.15, -0.1) is 0 Å². The highest BCUT2D eigenvalue weighted by Gasteiger charge is 2.14. The lowest BCUT2D eigenvalue weighted by Gasteiger charge is -2.12. The van der Waals surface area contributed by atoms with Crippen LogP contribution in [-0.4, -0.2) is 39.9 Å². The molecule has 3 aromatic rings. The predicted molar refractivity (Wildman–Crippen MR) is 108 cm³/mol. The Kier molecular flexibility index (Phi) is 5.83. The van der Waals surface area contributed by atoms with Gasteiger partial charge in [-0.3, -0.25) is 9.59 Å². The number of rotatable bonds is 4. The molecular weight excluding hydrogens is 384 g/mol. The molecule has 138 valence electrons. The number of amides is 2. The summed E-state index contributed by atoms with van der Waals surface area (Å²) in [6.07, 6.45) is 3.13. The number of hydrogen-bond acceptors (Lipinski definition) is 4. The average molecular weight is 401 g/mol. The Bertz CT molecular complexity index is 970. The Morgan fingerprint density at radius 2 is 1.81 bits per heavy atom. The molecule has 0 saturated heterocycles. The van der Waals surface area contributed by atoms with Crippen molar-refractivity contribution in [3.8, 4) is 5.69 Å². The second-order valence-corrected chi connectivity index (χ2v) is 7.29. The first-order valence-electron chi connectivity index (χ1n) is 8.04. The third-order valence-corrected chi connectivity index (χ3v) is 5.00. The van der Waals surface area contributed by atoms with Crippen LogP contribution in [0.4, 0.5) is 10.5 Å². The number of thioether (sulfide) groups is 1. The number of aromatic nitrogens is 2. The van der Waals surface area contributed by atoms with Crippen molar-refractivity contribution < 1.29 is 9.59 Å². The Labute approximate surface area is 166 Å². The van der Waals surface area contributed by atoms with E-state index >= 15 is 0 Å². The summed E-state index contributed by atoms with van der Waals surface area (Å²) in [6, 6.07) is 14.3. The van der Waals surface area contributed by atoms with E-state index in [1.165, 1.54) is 11.1 Å². The van der Waals surface area contributed by atoms with E-state index < -0.39 is 0 Å². The molecule has 1 heterocycles. The van der Waals surface area contributed by atoms with Gasteiger partial charge in [0.2, 0.25) is 0 Å². The van der Waals surface area contributed by atoms with Crippen molar-refractivity contribution in [3.63, 3.8) is 0 Å². The van der Waals surface area contributed by atoms with Crippen molar-refractivity contribution in [3.05, 3.63) is 71.5 Å². The summed E-state index contributed by atoms with van der Waals surface area (Å²) < 4.78 is 1.60. The Morgan fingerprint density at radius 3 is 2.52 bits per heavy atom. The minimum absolute atomic E-state index is 0.118. The second kappa shape index (κ2) is 8.28. The first-order valence-corrected chi connectivity index (χ1v) is 9.23. The minimum Gasteiger partial charge on any atom is -0.339 e. The molecule has 0 spiro atoms. The molecule has 0 aliphatic heterocycles. The predicted octanol–water partition coefficient (Wildman–Crippen LogP) is 4.55. The van der Waals surface area contributed by atoms with Crippen LogP contribution in [0, 0.1) is 0 Å². The van der Waals surface area contributed by atoms with Crippen molar-refractivity contribution in [2.75, 3.05) is 19.4 Å². The van der Waals surface area contributed by atoms with E-state index in [4.69, 9.17) is 11.6 Å². The Balaban J connectivity index is 1.77. The van der Waals surface area contributed by atoms with Crippen molar-refractivity contribution in [1.29, 1.82) is 0 Å². The van der Waals surface area contributed by atoms with Crippen LogP contribution in [-0.2, 0) is 0 Å². The highest BCUT2D eigenvalue weighted by atomic mass is 35.5. The van der Waals surface area contributed by atoms with Gasteiger partial charge >= 0.3 is 0 Å². The molecule has 0 radical (unpaired) electrons. The smallest absolute Gasteiger partial charge is 0.286 e. The lowest BCUT2D eigenvalue weighted by Crippen LogP contribution is -2.17. The molecule has 0 aliphatic rings. The maximum absolute atomic E-state index is 12.6. The van der Waals surface area contributed by atoms with Crippen LogP contribution >= 0.6 is 23.4 Å². The zero-order valence-corrected chi connectivity index (χ0v) is 16.3. The van der Waals surface area contributed by atoms with Gasteiger partial charge in [-0.1, -0.05) is 23.7 Å². The quantitative estimate of drug-likeness (QED) is 0.652. The van der Waals surface area contributed by atoms with Gasteiger partial charge in [-0.05, 0) is 48.2 Å². The van der Waals surface area contributed by atoms with Crippen LogP contribution in [0.5, 0.6) is 0 Å². The SMILES string of the molecule is CN(C)C(=O)Sc1ccccc1NC(=O)c1cnn(-c2ccc(Cl)cc2)c1. The molecule has 2 amide bonds. The van der Waals surface area contributed by atoms with E-state index in [1.54, 1.807) is 55.3 Å². The standard InChI is InChI=1S/C19H17ClN4O2S/c1-23(2)19(26)27-17-6-4-3-5-16(17)22-18(25)13-11-21-24(12-13)15-9-7-14(20)8-10-15/h3-12H,1-2H3,(H,22,25). The summed E-state index contributed by atoms with van der Waals surface area (Å²) >= 11 is 6.95. The third kappa shape index (κ3) is 4.69. The number of carbonyl (C=O) groups is 2. The normalized spacial score (nSPS) is 10.5. The molecule has 0 atom stereocenters. The van der Waals surface area contributed by atoms with E-state index in [0.717, 1.165) is 17.4 Å². The maximum Gasteiger partial charge on any atom is 0.286 e. The molecule has 0 saturated carbocycles. The highest BCUT2D eigenvalue weighted by molar-refractivity contribution is 8.13. The van der Waals surface area contributed by atoms with Crippen LogP contribution in [0.1, 0.15) is 10.4 Å². The number of nitrogens with one attached hydrogen (secondary N) is 1. The van der Waals surface area contributed by atoms with Gasteiger partial charge in [0.15, 0.2) is 0 Å². The van der Waals surface area contributed by atoms with Crippen LogP contribution in [0.2, 0.25) is 5.02 Å². The number of para-hydroxylation sites is 1. The second-order valence-electron chi connectivity index (χ2n) is 5.86. The van der Waals surface area contributed by atoms with Crippen molar-refractivity contribution >= 4 is 40.2 Å². The molecular formula is C19H17ClN4O2S. The molecule has 3 rings (SSSR count). The lowest BCUT2D eigenvalue weighted by atomic mass is 10.3. The van der Waals surface area contributed by atoms with E-state index in [0.29, 0.717) is 21.2 Å². The maximum atomic E-state index is 12.6. The van der Waals surface area contributed by atoms with E-state index in [-0.39, 0.29) is 11.1 Å². The average Bonchev–Trinajstić information content (AvgIpc) is 3.14. The van der Waals surface area contributed by atoms with E-state index in [1.807, 2.05) is 18.2 Å². The van der Waals surface area contributed by atoms with Gasteiger partial charge in [0.25, 0.3) is 11.1 Å². The molecule has 6 nitrogen and oxygen atoms in total. The minimum atomic E-state index is -0.305. The molecule has 0 fully saturated rings. The molecule has 1 N–H and O–H groups in total. The monoisotopic (exact) mass is 400 g/mol. The van der Waals surface area contributed by atoms with Crippen LogP contribution in [0.25, 0.3) is 5.69 Å². The summed E-state index contributed by atoms with van der Waals surface area (Å²) in [4.78, 5) is 26.7. The Hall–Kier alpha value is -2.77. The highest BCUT2D eigenvalue weighted by Crippen LogP contribution is 2.29. The van der Waals surface area contributed by atoms with Gasteiger partial charge in [-0.25, -0.2) is 4.68 Å². The number of hydrogen-bond donors (Lipinski definition) is 1. The zero-order chi connectivity index (χ0) is 19.4. The molecule has 27 heavy (non-hydrogen) atoms. The summed E-state index contributed by atoms with van der Waals surface area (Å²) in [7, 11) is 3.36. The fourth-order valence-corrected chi connectivity index (χ4v) is 3.09. The number of benzene rings is 2. The van der Waals surface area contributed by atoms with Crippen LogP contribution in [0.3, 0.4) is 0 Å². The van der Waals surface area contributed by atoms with Crippen LogP contribution < -0.4 is 5.32 Å². The number of carbonyl (C=O) groups excluding carboxylic acids is 2. The molecule has 0 aliphatic carbocycles. The molecule has 1 aromatic heterocycles. The first kappa shape index (κ1) is 19.0. The Morgan fingerprint density at radius 1 is 1.11 bits per heavy atom. The fourth-order valence-electron chi connectivity index (χ4n) is 2.21. The van der Waals surface area contributed by atoms with Crippen molar-refractivity contribution in [2.45, 2.75) is 4.90 Å². The van der Waals surface area contributed by atoms with Gasteiger partial charge in [0, 0.05) is 30.2 Å². The van der Waals surface area contributed by atoms with Crippen molar-refractivity contribution in [1.82, 2.24) is 14.7 Å². The van der Waals surface area contributed by atoms with E-state index in [2.05, 4.69) is 10.4 Å². The van der Waals surface area contributed by atoms with Crippen molar-refractivity contribution in [2.24, 2.45) is 0 Å². The first-order chi connectivity index (χ1) is 12.9. The summed E-state index contributed by atoms with van der Waals surface area (Å²) in [5.41, 5.74) is 1.77. The fraction of sp³-hybridized carbons (Fsp3) is 0.105. The van der Waals surface area contributed by atoms with Crippen LogP contribution in [0.15, 0.2) is 65.8 Å².